The second kappa shape index (κ2) is 6.62. The molecule has 0 bridgehead atoms. The van der Waals surface area contributed by atoms with Crippen LogP contribution in [0.5, 0.6) is 0 Å². The lowest BCUT2D eigenvalue weighted by atomic mass is 9.77. The van der Waals surface area contributed by atoms with Crippen LogP contribution in [0.2, 0.25) is 5.02 Å². The van der Waals surface area contributed by atoms with Gasteiger partial charge in [-0.05, 0) is 65.6 Å². The van der Waals surface area contributed by atoms with Crippen molar-refractivity contribution in [3.05, 3.63) is 32.4 Å². The number of carbonyl (C=O) groups excluding carboxylic acids is 1. The molecule has 5 heteroatoms. The average molecular weight is 407 g/mol. The number of hydrogen-bond donors (Lipinski definition) is 2. The maximum atomic E-state index is 12.3. The molecular weight excluding hydrogens is 387 g/mol. The number of rotatable bonds is 3. The molecule has 3 nitrogen and oxygen atoms in total. The Bertz CT molecular complexity index is 505. The van der Waals surface area contributed by atoms with Gasteiger partial charge in [0.1, 0.15) is 0 Å². The molecule has 1 aliphatic rings. The first-order chi connectivity index (χ1) is 9.40. The van der Waals surface area contributed by atoms with E-state index in [0.717, 1.165) is 10.1 Å². The highest BCUT2D eigenvalue weighted by Gasteiger charge is 2.32. The molecule has 2 rings (SSSR count). The predicted octanol–water partition coefficient (Wildman–Crippen LogP) is 3.45. The zero-order valence-electron chi connectivity index (χ0n) is 11.8. The van der Waals surface area contributed by atoms with Crippen molar-refractivity contribution in [2.75, 3.05) is 13.1 Å². The molecule has 1 aliphatic heterocycles. The normalized spacial score (nSPS) is 21.5. The Labute approximate surface area is 139 Å². The Kier molecular flexibility index (Phi) is 5.31. The van der Waals surface area contributed by atoms with E-state index >= 15 is 0 Å². The number of halogens is 2. The van der Waals surface area contributed by atoms with Crippen molar-refractivity contribution in [2.45, 2.75) is 32.7 Å². The minimum atomic E-state index is -0.0555. The molecule has 1 amide bonds. The standard InChI is InChI=1S/C15H20ClIN2O/c1-15(2)6-3-7-18-13(15)9-19-14(20)11-8-10(16)4-5-12(11)17/h4-5,8,13,18H,3,6-7,9H2,1-2H3,(H,19,20). The van der Waals surface area contributed by atoms with Gasteiger partial charge in [0.2, 0.25) is 0 Å². The molecule has 0 aliphatic carbocycles. The van der Waals surface area contributed by atoms with Crippen LogP contribution in [0.25, 0.3) is 0 Å². The molecule has 1 aromatic carbocycles. The summed E-state index contributed by atoms with van der Waals surface area (Å²) >= 11 is 8.12. The van der Waals surface area contributed by atoms with Gasteiger partial charge in [-0.1, -0.05) is 25.4 Å². The zero-order chi connectivity index (χ0) is 14.8. The first-order valence-electron chi connectivity index (χ1n) is 6.87. The van der Waals surface area contributed by atoms with Gasteiger partial charge < -0.3 is 10.6 Å². The van der Waals surface area contributed by atoms with Crippen LogP contribution in [-0.2, 0) is 0 Å². The van der Waals surface area contributed by atoms with E-state index in [9.17, 15) is 4.79 Å². The topological polar surface area (TPSA) is 41.1 Å². The lowest BCUT2D eigenvalue weighted by molar-refractivity contribution is 0.0928. The Balaban J connectivity index is 2.00. The van der Waals surface area contributed by atoms with Gasteiger partial charge in [-0.15, -0.1) is 0 Å². The molecule has 20 heavy (non-hydrogen) atoms. The van der Waals surface area contributed by atoms with E-state index in [-0.39, 0.29) is 11.3 Å². The fraction of sp³-hybridized carbons (Fsp3) is 0.533. The monoisotopic (exact) mass is 406 g/mol. The molecule has 110 valence electrons. The lowest BCUT2D eigenvalue weighted by Crippen LogP contribution is -2.52. The summed E-state index contributed by atoms with van der Waals surface area (Å²) < 4.78 is 0.917. The van der Waals surface area contributed by atoms with E-state index in [1.807, 2.05) is 6.07 Å². The van der Waals surface area contributed by atoms with E-state index < -0.39 is 0 Å². The van der Waals surface area contributed by atoms with E-state index in [1.165, 1.54) is 12.8 Å². The fourth-order valence-electron chi connectivity index (χ4n) is 2.58. The molecule has 2 N–H and O–H groups in total. The third kappa shape index (κ3) is 3.86. The van der Waals surface area contributed by atoms with Gasteiger partial charge in [0.05, 0.1) is 5.56 Å². The largest absolute Gasteiger partial charge is 0.350 e. The third-order valence-corrected chi connectivity index (χ3v) is 5.15. The van der Waals surface area contributed by atoms with Crippen LogP contribution in [0.15, 0.2) is 18.2 Å². The van der Waals surface area contributed by atoms with E-state index in [1.54, 1.807) is 12.1 Å². The Morgan fingerprint density at radius 1 is 1.55 bits per heavy atom. The molecule has 0 saturated carbocycles. The summed E-state index contributed by atoms with van der Waals surface area (Å²) in [6.45, 7) is 6.17. The van der Waals surface area contributed by atoms with Gasteiger partial charge >= 0.3 is 0 Å². The van der Waals surface area contributed by atoms with Crippen LogP contribution >= 0.6 is 34.2 Å². The first-order valence-corrected chi connectivity index (χ1v) is 8.32. The molecule has 1 heterocycles. The molecule has 1 fully saturated rings. The van der Waals surface area contributed by atoms with Gasteiger partial charge in [0.25, 0.3) is 5.91 Å². The van der Waals surface area contributed by atoms with Gasteiger partial charge in [-0.3, -0.25) is 4.79 Å². The van der Waals surface area contributed by atoms with E-state index in [0.29, 0.717) is 23.2 Å². The van der Waals surface area contributed by atoms with Crippen LogP contribution in [-0.4, -0.2) is 25.0 Å². The first kappa shape index (κ1) is 16.0. The molecule has 1 atom stereocenters. The highest BCUT2D eigenvalue weighted by atomic mass is 127. The highest BCUT2D eigenvalue weighted by Crippen LogP contribution is 2.29. The molecule has 0 aromatic heterocycles. The average Bonchev–Trinajstić information content (AvgIpc) is 2.39. The summed E-state index contributed by atoms with van der Waals surface area (Å²) in [5.41, 5.74) is 0.860. The quantitative estimate of drug-likeness (QED) is 0.755. The van der Waals surface area contributed by atoms with Gasteiger partial charge in [0, 0.05) is 21.2 Å². The summed E-state index contributed by atoms with van der Waals surface area (Å²) in [6, 6.07) is 5.70. The van der Waals surface area contributed by atoms with E-state index in [4.69, 9.17) is 11.6 Å². The van der Waals surface area contributed by atoms with Crippen molar-refractivity contribution in [1.29, 1.82) is 0 Å². The van der Waals surface area contributed by atoms with Crippen molar-refractivity contribution in [1.82, 2.24) is 10.6 Å². The van der Waals surface area contributed by atoms with Gasteiger partial charge in [-0.25, -0.2) is 0 Å². The molecule has 0 radical (unpaired) electrons. The van der Waals surface area contributed by atoms with Crippen LogP contribution in [0.3, 0.4) is 0 Å². The van der Waals surface area contributed by atoms with E-state index in [2.05, 4.69) is 47.1 Å². The van der Waals surface area contributed by atoms with Crippen molar-refractivity contribution < 1.29 is 4.79 Å². The Morgan fingerprint density at radius 3 is 3.00 bits per heavy atom. The molecule has 0 spiro atoms. The van der Waals surface area contributed by atoms with Crippen LogP contribution in [0.4, 0.5) is 0 Å². The van der Waals surface area contributed by atoms with Crippen LogP contribution in [0, 0.1) is 8.99 Å². The number of benzene rings is 1. The summed E-state index contributed by atoms with van der Waals surface area (Å²) in [5.74, 6) is -0.0555. The molecule has 1 aromatic rings. The number of carbonyl (C=O) groups is 1. The molecule has 1 unspecified atom stereocenters. The number of hydrogen-bond acceptors (Lipinski definition) is 2. The predicted molar refractivity (Wildman–Crippen MR) is 91.3 cm³/mol. The third-order valence-electron chi connectivity index (χ3n) is 3.97. The van der Waals surface area contributed by atoms with Crippen molar-refractivity contribution >= 4 is 40.1 Å². The Morgan fingerprint density at radius 2 is 2.30 bits per heavy atom. The zero-order valence-corrected chi connectivity index (χ0v) is 14.7. The minimum Gasteiger partial charge on any atom is -0.350 e. The van der Waals surface area contributed by atoms with Gasteiger partial charge in [-0.2, -0.15) is 0 Å². The van der Waals surface area contributed by atoms with Gasteiger partial charge in [0.15, 0.2) is 0 Å². The maximum Gasteiger partial charge on any atom is 0.252 e. The lowest BCUT2D eigenvalue weighted by Gasteiger charge is -2.39. The van der Waals surface area contributed by atoms with Crippen molar-refractivity contribution in [2.24, 2.45) is 5.41 Å². The van der Waals surface area contributed by atoms with Crippen LogP contribution < -0.4 is 10.6 Å². The molecule has 1 saturated heterocycles. The summed E-state index contributed by atoms with van der Waals surface area (Å²) in [7, 11) is 0. The number of amides is 1. The fourth-order valence-corrected chi connectivity index (χ4v) is 3.33. The summed E-state index contributed by atoms with van der Waals surface area (Å²) in [4.78, 5) is 12.3. The second-order valence-electron chi connectivity index (χ2n) is 5.93. The minimum absolute atomic E-state index is 0.0555. The Hall–Kier alpha value is -0.330. The van der Waals surface area contributed by atoms with Crippen molar-refractivity contribution in [3.8, 4) is 0 Å². The summed E-state index contributed by atoms with van der Waals surface area (Å²) in [5, 5.41) is 7.12. The van der Waals surface area contributed by atoms with Crippen LogP contribution in [0.1, 0.15) is 37.0 Å². The highest BCUT2D eigenvalue weighted by molar-refractivity contribution is 14.1. The number of piperidine rings is 1. The summed E-state index contributed by atoms with van der Waals surface area (Å²) in [6.07, 6.45) is 2.39. The maximum absolute atomic E-state index is 12.3. The van der Waals surface area contributed by atoms with Crippen molar-refractivity contribution in [3.63, 3.8) is 0 Å². The second-order valence-corrected chi connectivity index (χ2v) is 7.53. The smallest absolute Gasteiger partial charge is 0.252 e. The SMILES string of the molecule is CC1(C)CCCNC1CNC(=O)c1cc(Cl)ccc1I. The number of nitrogens with one attached hydrogen (secondary N) is 2. The molecular formula is C15H20ClIN2O.